The number of carbonyl (C=O) groups is 1. The first-order valence-corrected chi connectivity index (χ1v) is 5.56. The maximum Gasteiger partial charge on any atom is 0.239 e. The maximum absolute atomic E-state index is 11.7. The molecule has 0 aliphatic heterocycles. The molecule has 0 fully saturated rings. The van der Waals surface area contributed by atoms with Gasteiger partial charge in [-0.3, -0.25) is 4.79 Å². The number of amides is 1. The van der Waals surface area contributed by atoms with E-state index in [2.05, 4.69) is 6.92 Å². The zero-order valence-electron chi connectivity index (χ0n) is 9.92. The van der Waals surface area contributed by atoms with Gasteiger partial charge in [0.15, 0.2) is 0 Å². The van der Waals surface area contributed by atoms with Gasteiger partial charge in [-0.05, 0) is 27.2 Å². The van der Waals surface area contributed by atoms with Crippen molar-refractivity contribution in [1.29, 1.82) is 0 Å². The zero-order chi connectivity index (χ0) is 11.1. The summed E-state index contributed by atoms with van der Waals surface area (Å²) in [6, 6.07) is -0.121. The second-order valence-electron chi connectivity index (χ2n) is 4.12. The maximum atomic E-state index is 11.7. The highest BCUT2D eigenvalue weighted by atomic mass is 16.2. The van der Waals surface area contributed by atoms with Crippen molar-refractivity contribution in [3.05, 3.63) is 0 Å². The van der Waals surface area contributed by atoms with Gasteiger partial charge in [0, 0.05) is 12.6 Å². The van der Waals surface area contributed by atoms with E-state index in [-0.39, 0.29) is 18.0 Å². The lowest BCUT2D eigenvalue weighted by molar-refractivity contribution is -0.133. The van der Waals surface area contributed by atoms with Crippen LogP contribution in [-0.4, -0.2) is 29.4 Å². The number of rotatable bonds is 6. The summed E-state index contributed by atoms with van der Waals surface area (Å²) in [4.78, 5) is 13.6. The SMILES string of the molecule is CCCCCN(C(=O)[C@@H](C)N)C(C)C. The van der Waals surface area contributed by atoms with Crippen LogP contribution in [-0.2, 0) is 4.79 Å². The molecule has 0 aromatic carbocycles. The van der Waals surface area contributed by atoms with Crippen LogP contribution in [0.3, 0.4) is 0 Å². The standard InChI is InChI=1S/C11H24N2O/c1-5-6-7-8-13(9(2)3)11(14)10(4)12/h9-10H,5-8,12H2,1-4H3/t10-/m1/s1. The molecule has 1 atom stereocenters. The third-order valence-electron chi connectivity index (χ3n) is 2.30. The van der Waals surface area contributed by atoms with Crippen molar-refractivity contribution in [2.75, 3.05) is 6.54 Å². The van der Waals surface area contributed by atoms with Crippen LogP contribution in [0.4, 0.5) is 0 Å². The number of carbonyl (C=O) groups excluding carboxylic acids is 1. The van der Waals surface area contributed by atoms with E-state index in [0.29, 0.717) is 0 Å². The molecule has 0 rings (SSSR count). The van der Waals surface area contributed by atoms with Crippen molar-refractivity contribution < 1.29 is 4.79 Å². The van der Waals surface area contributed by atoms with Gasteiger partial charge in [-0.15, -0.1) is 0 Å². The van der Waals surface area contributed by atoms with Crippen molar-refractivity contribution >= 4 is 5.91 Å². The monoisotopic (exact) mass is 200 g/mol. The minimum absolute atomic E-state index is 0.0658. The summed E-state index contributed by atoms with van der Waals surface area (Å²) in [7, 11) is 0. The van der Waals surface area contributed by atoms with Gasteiger partial charge in [0.25, 0.3) is 0 Å². The minimum Gasteiger partial charge on any atom is -0.339 e. The van der Waals surface area contributed by atoms with E-state index in [1.807, 2.05) is 18.7 Å². The Hall–Kier alpha value is -0.570. The lowest BCUT2D eigenvalue weighted by Crippen LogP contribution is -2.46. The minimum atomic E-state index is -0.376. The second-order valence-corrected chi connectivity index (χ2v) is 4.12. The molecule has 0 spiro atoms. The van der Waals surface area contributed by atoms with Gasteiger partial charge in [-0.25, -0.2) is 0 Å². The fraction of sp³-hybridized carbons (Fsp3) is 0.909. The van der Waals surface area contributed by atoms with Crippen LogP contribution >= 0.6 is 0 Å². The summed E-state index contributed by atoms with van der Waals surface area (Å²) < 4.78 is 0. The van der Waals surface area contributed by atoms with Gasteiger partial charge in [0.2, 0.25) is 5.91 Å². The molecular formula is C11H24N2O. The Morgan fingerprint density at radius 2 is 1.86 bits per heavy atom. The normalized spacial score (nSPS) is 13.0. The molecule has 0 aliphatic carbocycles. The summed E-state index contributed by atoms with van der Waals surface area (Å²) in [5, 5.41) is 0. The van der Waals surface area contributed by atoms with Crippen LogP contribution in [0.15, 0.2) is 0 Å². The first-order chi connectivity index (χ1) is 6.50. The lowest BCUT2D eigenvalue weighted by Gasteiger charge is -2.28. The van der Waals surface area contributed by atoms with Gasteiger partial charge < -0.3 is 10.6 Å². The van der Waals surface area contributed by atoms with E-state index < -0.39 is 0 Å². The highest BCUT2D eigenvalue weighted by Gasteiger charge is 2.19. The number of nitrogens with two attached hydrogens (primary N) is 1. The molecule has 0 saturated carbocycles. The quantitative estimate of drug-likeness (QED) is 0.664. The number of nitrogens with zero attached hydrogens (tertiary/aromatic N) is 1. The molecule has 0 aromatic rings. The average molecular weight is 200 g/mol. The van der Waals surface area contributed by atoms with Gasteiger partial charge in [0.05, 0.1) is 6.04 Å². The summed E-state index contributed by atoms with van der Waals surface area (Å²) in [6.45, 7) is 8.81. The van der Waals surface area contributed by atoms with E-state index in [0.717, 1.165) is 13.0 Å². The molecule has 0 saturated heterocycles. The van der Waals surface area contributed by atoms with Crippen LogP contribution in [0.2, 0.25) is 0 Å². The molecule has 3 heteroatoms. The van der Waals surface area contributed by atoms with Crippen molar-refractivity contribution in [3.63, 3.8) is 0 Å². The highest BCUT2D eigenvalue weighted by molar-refractivity contribution is 5.81. The molecule has 84 valence electrons. The molecule has 14 heavy (non-hydrogen) atoms. The number of hydrogen-bond donors (Lipinski definition) is 1. The van der Waals surface area contributed by atoms with Crippen LogP contribution in [0, 0.1) is 0 Å². The van der Waals surface area contributed by atoms with Crippen LogP contribution in [0.1, 0.15) is 47.0 Å². The zero-order valence-corrected chi connectivity index (χ0v) is 9.92. The molecule has 0 aromatic heterocycles. The fourth-order valence-electron chi connectivity index (χ4n) is 1.42. The molecule has 0 unspecified atom stereocenters. The first kappa shape index (κ1) is 13.4. The van der Waals surface area contributed by atoms with Gasteiger partial charge >= 0.3 is 0 Å². The molecule has 0 aliphatic rings. The number of unbranched alkanes of at least 4 members (excludes halogenated alkanes) is 2. The van der Waals surface area contributed by atoms with Crippen LogP contribution < -0.4 is 5.73 Å². The Morgan fingerprint density at radius 3 is 2.21 bits per heavy atom. The van der Waals surface area contributed by atoms with E-state index in [9.17, 15) is 4.79 Å². The van der Waals surface area contributed by atoms with Crippen molar-refractivity contribution in [2.45, 2.75) is 59.0 Å². The molecule has 0 heterocycles. The van der Waals surface area contributed by atoms with Crippen LogP contribution in [0.25, 0.3) is 0 Å². The fourth-order valence-corrected chi connectivity index (χ4v) is 1.42. The Balaban J connectivity index is 4.09. The second kappa shape index (κ2) is 6.82. The molecule has 3 nitrogen and oxygen atoms in total. The molecule has 2 N–H and O–H groups in total. The Morgan fingerprint density at radius 1 is 1.29 bits per heavy atom. The van der Waals surface area contributed by atoms with Crippen LogP contribution in [0.5, 0.6) is 0 Å². The van der Waals surface area contributed by atoms with Crippen molar-refractivity contribution in [2.24, 2.45) is 5.73 Å². The predicted octanol–water partition coefficient (Wildman–Crippen LogP) is 1.76. The summed E-state index contributed by atoms with van der Waals surface area (Å²) in [5.74, 6) is 0.0658. The lowest BCUT2D eigenvalue weighted by atomic mass is 10.2. The summed E-state index contributed by atoms with van der Waals surface area (Å²) >= 11 is 0. The highest BCUT2D eigenvalue weighted by Crippen LogP contribution is 2.05. The average Bonchev–Trinajstić information content (AvgIpc) is 2.10. The predicted molar refractivity (Wildman–Crippen MR) is 60.0 cm³/mol. The smallest absolute Gasteiger partial charge is 0.239 e. The topological polar surface area (TPSA) is 46.3 Å². The Bertz CT molecular complexity index is 167. The third kappa shape index (κ3) is 4.61. The Kier molecular flexibility index (Phi) is 6.54. The summed E-state index contributed by atoms with van der Waals surface area (Å²) in [5.41, 5.74) is 5.59. The Labute approximate surface area is 87.6 Å². The van der Waals surface area contributed by atoms with Gasteiger partial charge in [-0.1, -0.05) is 19.8 Å². The van der Waals surface area contributed by atoms with Gasteiger partial charge in [0.1, 0.15) is 0 Å². The first-order valence-electron chi connectivity index (χ1n) is 5.56. The summed E-state index contributed by atoms with van der Waals surface area (Å²) in [6.07, 6.45) is 3.43. The molecule has 0 bridgehead atoms. The van der Waals surface area contributed by atoms with Crippen molar-refractivity contribution in [3.8, 4) is 0 Å². The van der Waals surface area contributed by atoms with E-state index in [1.54, 1.807) is 6.92 Å². The molecular weight excluding hydrogens is 176 g/mol. The van der Waals surface area contributed by atoms with Gasteiger partial charge in [-0.2, -0.15) is 0 Å². The third-order valence-corrected chi connectivity index (χ3v) is 2.30. The number of hydrogen-bond acceptors (Lipinski definition) is 2. The van der Waals surface area contributed by atoms with E-state index in [4.69, 9.17) is 5.73 Å². The largest absolute Gasteiger partial charge is 0.339 e. The van der Waals surface area contributed by atoms with E-state index in [1.165, 1.54) is 12.8 Å². The molecule has 1 amide bonds. The van der Waals surface area contributed by atoms with Crippen molar-refractivity contribution in [1.82, 2.24) is 4.90 Å². The van der Waals surface area contributed by atoms with E-state index >= 15 is 0 Å². The molecule has 0 radical (unpaired) electrons.